The minimum atomic E-state index is -4.69. The third-order valence-corrected chi connectivity index (χ3v) is 5.54. The van der Waals surface area contributed by atoms with Crippen molar-refractivity contribution in [3.8, 4) is 5.69 Å². The Hall–Kier alpha value is -1.82. The number of halogens is 5. The zero-order chi connectivity index (χ0) is 20.7. The Bertz CT molecular complexity index is 996. The van der Waals surface area contributed by atoms with Gasteiger partial charge in [0.2, 0.25) is 10.0 Å². The number of aromatic nitrogens is 2. The number of carbonyl (C=O) groups is 1. The van der Waals surface area contributed by atoms with E-state index in [1.165, 1.54) is 7.05 Å². The molecule has 148 valence electrons. The molecule has 7 nitrogen and oxygen atoms in total. The van der Waals surface area contributed by atoms with E-state index in [2.05, 4.69) is 15.1 Å². The quantitative estimate of drug-likeness (QED) is 0.689. The normalized spacial score (nSPS) is 12.3. The van der Waals surface area contributed by atoms with Crippen LogP contribution in [0.2, 0.25) is 10.0 Å². The summed E-state index contributed by atoms with van der Waals surface area (Å²) in [6.45, 7) is 1.09. The molecule has 13 heteroatoms. The number of Topliss-reactive ketones (excluding diaryl/α,β-unsaturated/α-hetero) is 1. The molecular weight excluding hydrogens is 432 g/mol. The van der Waals surface area contributed by atoms with Crippen LogP contribution in [0.3, 0.4) is 0 Å². The number of rotatable bonds is 5. The first-order valence-electron chi connectivity index (χ1n) is 7.17. The Morgan fingerprint density at radius 2 is 1.70 bits per heavy atom. The molecule has 0 atom stereocenters. The number of sulfonamides is 1. The molecular formula is C14H13Cl2F3N4O3S. The molecule has 2 rings (SSSR count). The van der Waals surface area contributed by atoms with Crippen LogP contribution in [0.1, 0.15) is 23.0 Å². The number of benzene rings is 1. The van der Waals surface area contributed by atoms with Crippen LogP contribution in [-0.4, -0.2) is 38.1 Å². The van der Waals surface area contributed by atoms with E-state index in [1.807, 2.05) is 0 Å². The molecule has 0 amide bonds. The molecule has 1 aromatic carbocycles. The average Bonchev–Trinajstić information content (AvgIpc) is 2.93. The highest BCUT2D eigenvalue weighted by molar-refractivity contribution is 7.89. The Labute approximate surface area is 162 Å². The average molecular weight is 445 g/mol. The lowest BCUT2D eigenvalue weighted by Crippen LogP contribution is -2.21. The molecule has 0 aliphatic carbocycles. The monoisotopic (exact) mass is 444 g/mol. The molecule has 0 spiro atoms. The summed E-state index contributed by atoms with van der Waals surface area (Å²) in [5.41, 5.74) is -1.73. The maximum absolute atomic E-state index is 12.9. The number of alkyl halides is 3. The predicted octanol–water partition coefficient (Wildman–Crippen LogP) is 3.35. The van der Waals surface area contributed by atoms with E-state index in [1.54, 1.807) is 0 Å². The first-order valence-corrected chi connectivity index (χ1v) is 9.41. The lowest BCUT2D eigenvalue weighted by Gasteiger charge is -2.14. The maximum atomic E-state index is 12.9. The van der Waals surface area contributed by atoms with Gasteiger partial charge in [0.25, 0.3) is 0 Å². The van der Waals surface area contributed by atoms with Crippen molar-refractivity contribution in [3.05, 3.63) is 33.4 Å². The van der Waals surface area contributed by atoms with E-state index in [-0.39, 0.29) is 11.5 Å². The van der Waals surface area contributed by atoms with Crippen molar-refractivity contribution in [3.63, 3.8) is 0 Å². The number of nitrogens with one attached hydrogen (secondary N) is 2. The van der Waals surface area contributed by atoms with Gasteiger partial charge in [-0.3, -0.25) is 4.79 Å². The van der Waals surface area contributed by atoms with Gasteiger partial charge in [-0.2, -0.15) is 18.3 Å². The van der Waals surface area contributed by atoms with E-state index in [9.17, 15) is 26.4 Å². The number of nitrogens with zero attached hydrogens (tertiary/aromatic N) is 2. The van der Waals surface area contributed by atoms with Crippen molar-refractivity contribution in [2.24, 2.45) is 0 Å². The lowest BCUT2D eigenvalue weighted by atomic mass is 10.2. The van der Waals surface area contributed by atoms with Crippen LogP contribution in [0.5, 0.6) is 0 Å². The summed E-state index contributed by atoms with van der Waals surface area (Å²) in [4.78, 5) is 11.4. The fourth-order valence-electron chi connectivity index (χ4n) is 2.30. The van der Waals surface area contributed by atoms with Gasteiger partial charge in [0.1, 0.15) is 5.69 Å². The van der Waals surface area contributed by atoms with Gasteiger partial charge < -0.3 is 5.32 Å². The maximum Gasteiger partial charge on any atom is 0.416 e. The predicted molar refractivity (Wildman–Crippen MR) is 94.4 cm³/mol. The molecule has 0 fully saturated rings. The van der Waals surface area contributed by atoms with Crippen LogP contribution in [0.25, 0.3) is 5.69 Å². The van der Waals surface area contributed by atoms with Gasteiger partial charge in [-0.25, -0.2) is 17.8 Å². The second-order valence-corrected chi connectivity index (χ2v) is 7.88. The summed E-state index contributed by atoms with van der Waals surface area (Å²) < 4.78 is 66.4. The smallest absolute Gasteiger partial charge is 0.372 e. The number of hydrogen-bond donors (Lipinski definition) is 2. The highest BCUT2D eigenvalue weighted by Gasteiger charge is 2.34. The van der Waals surface area contributed by atoms with Crippen molar-refractivity contribution in [2.75, 3.05) is 19.4 Å². The molecule has 2 N–H and O–H groups in total. The number of hydrogen-bond acceptors (Lipinski definition) is 5. The SMILES string of the molecule is CNc1c(S(=O)(=O)NC)c(C(C)=O)nn1-c1c(Cl)cc(C(F)(F)F)cc1Cl. The van der Waals surface area contributed by atoms with Crippen LogP contribution in [0.15, 0.2) is 17.0 Å². The van der Waals surface area contributed by atoms with E-state index >= 15 is 0 Å². The van der Waals surface area contributed by atoms with Crippen LogP contribution >= 0.6 is 23.2 Å². The van der Waals surface area contributed by atoms with E-state index in [0.29, 0.717) is 12.1 Å². The topological polar surface area (TPSA) is 93.1 Å². The zero-order valence-corrected chi connectivity index (χ0v) is 16.4. The van der Waals surface area contributed by atoms with Gasteiger partial charge in [0.15, 0.2) is 22.2 Å². The lowest BCUT2D eigenvalue weighted by molar-refractivity contribution is -0.137. The summed E-state index contributed by atoms with van der Waals surface area (Å²) in [5.74, 6) is -0.878. The summed E-state index contributed by atoms with van der Waals surface area (Å²) in [6.07, 6.45) is -4.69. The Morgan fingerprint density at radius 3 is 2.07 bits per heavy atom. The second-order valence-electron chi connectivity index (χ2n) is 5.24. The molecule has 0 aliphatic rings. The van der Waals surface area contributed by atoms with Gasteiger partial charge in [-0.15, -0.1) is 0 Å². The van der Waals surface area contributed by atoms with Crippen LogP contribution in [-0.2, 0) is 16.2 Å². The first kappa shape index (κ1) is 21.5. The Kier molecular flexibility index (Phi) is 5.81. The fraction of sp³-hybridized carbons (Fsp3) is 0.286. The van der Waals surface area contributed by atoms with Gasteiger partial charge >= 0.3 is 6.18 Å². The van der Waals surface area contributed by atoms with Gasteiger partial charge in [-0.05, 0) is 19.2 Å². The molecule has 0 aliphatic heterocycles. The number of anilines is 1. The fourth-order valence-corrected chi connectivity index (χ4v) is 4.04. The summed E-state index contributed by atoms with van der Waals surface area (Å²) in [6, 6.07) is 1.26. The number of carbonyl (C=O) groups excluding carboxylic acids is 1. The highest BCUT2D eigenvalue weighted by Crippen LogP contribution is 2.39. The Balaban J connectivity index is 2.89. The highest BCUT2D eigenvalue weighted by atomic mass is 35.5. The van der Waals surface area contributed by atoms with E-state index in [4.69, 9.17) is 23.2 Å². The third kappa shape index (κ3) is 3.91. The van der Waals surface area contributed by atoms with Crippen LogP contribution in [0.4, 0.5) is 19.0 Å². The van der Waals surface area contributed by atoms with Gasteiger partial charge in [0.05, 0.1) is 15.6 Å². The van der Waals surface area contributed by atoms with Gasteiger partial charge in [0, 0.05) is 14.0 Å². The van der Waals surface area contributed by atoms with Crippen LogP contribution in [0, 0.1) is 0 Å². The standard InChI is InChI=1S/C14H13Cl2F3N4O3S/c1-6(24)10-12(27(25,26)21-3)13(20-2)23(22-10)11-8(15)4-7(5-9(11)16)14(17,18)19/h4-5,20-21H,1-3H3. The van der Waals surface area contributed by atoms with Crippen molar-refractivity contribution in [2.45, 2.75) is 18.0 Å². The van der Waals surface area contributed by atoms with E-state index < -0.39 is 48.2 Å². The minimum Gasteiger partial charge on any atom is -0.372 e. The molecule has 1 aromatic heterocycles. The van der Waals surface area contributed by atoms with Gasteiger partial charge in [-0.1, -0.05) is 23.2 Å². The summed E-state index contributed by atoms with van der Waals surface area (Å²) in [7, 11) is -1.67. The first-order chi connectivity index (χ1) is 12.3. The van der Waals surface area contributed by atoms with Crippen LogP contribution < -0.4 is 10.0 Å². The van der Waals surface area contributed by atoms with Crippen molar-refractivity contribution in [1.82, 2.24) is 14.5 Å². The largest absolute Gasteiger partial charge is 0.416 e. The molecule has 1 heterocycles. The molecule has 0 unspecified atom stereocenters. The zero-order valence-electron chi connectivity index (χ0n) is 14.1. The summed E-state index contributed by atoms with van der Waals surface area (Å²) in [5, 5.41) is 5.62. The molecule has 0 saturated carbocycles. The minimum absolute atomic E-state index is 0.196. The second kappa shape index (κ2) is 7.30. The molecule has 2 aromatic rings. The van der Waals surface area contributed by atoms with Crippen molar-refractivity contribution in [1.29, 1.82) is 0 Å². The molecule has 0 bridgehead atoms. The summed E-state index contributed by atoms with van der Waals surface area (Å²) >= 11 is 11.9. The molecule has 27 heavy (non-hydrogen) atoms. The Morgan fingerprint density at radius 1 is 1.19 bits per heavy atom. The van der Waals surface area contributed by atoms with Crippen molar-refractivity contribution >= 4 is 44.8 Å². The molecule has 0 radical (unpaired) electrons. The van der Waals surface area contributed by atoms with E-state index in [0.717, 1.165) is 18.7 Å². The third-order valence-electron chi connectivity index (χ3n) is 3.51. The molecule has 0 saturated heterocycles. The van der Waals surface area contributed by atoms with Crippen molar-refractivity contribution < 1.29 is 26.4 Å². The number of ketones is 1.